The van der Waals surface area contributed by atoms with Crippen molar-refractivity contribution < 1.29 is 19.7 Å². The summed E-state index contributed by atoms with van der Waals surface area (Å²) < 4.78 is 5.26. The van der Waals surface area contributed by atoms with Crippen LogP contribution in [0.25, 0.3) is 0 Å². The van der Waals surface area contributed by atoms with E-state index in [2.05, 4.69) is 0 Å². The van der Waals surface area contributed by atoms with Gasteiger partial charge in [-0.3, -0.25) is 0 Å². The molecule has 0 heterocycles. The maximum atomic E-state index is 11.2. The molecule has 0 aromatic carbocycles. The number of hydrogen-bond acceptors (Lipinski definition) is 3. The zero-order valence-corrected chi connectivity index (χ0v) is 11.1. The summed E-state index contributed by atoms with van der Waals surface area (Å²) >= 11 is 0. The summed E-state index contributed by atoms with van der Waals surface area (Å²) in [7, 11) is 1.59. The Balaban J connectivity index is 4.91. The van der Waals surface area contributed by atoms with Crippen LogP contribution in [0.5, 0.6) is 0 Å². The number of aliphatic carboxylic acids is 1. The first-order valence-corrected chi connectivity index (χ1v) is 5.58. The van der Waals surface area contributed by atoms with Crippen LogP contribution in [0.15, 0.2) is 0 Å². The molecule has 0 fully saturated rings. The molecule has 0 saturated carbocycles. The van der Waals surface area contributed by atoms with E-state index in [0.717, 1.165) is 0 Å². The van der Waals surface area contributed by atoms with Crippen LogP contribution in [0.3, 0.4) is 0 Å². The number of carboxylic acid groups (broad SMARTS) is 1. The van der Waals surface area contributed by atoms with E-state index in [1.54, 1.807) is 27.9 Å². The van der Waals surface area contributed by atoms with Gasteiger partial charge in [-0.25, -0.2) is 4.79 Å². The van der Waals surface area contributed by atoms with Crippen molar-refractivity contribution in [2.75, 3.05) is 7.11 Å². The Hall–Kier alpha value is -0.610. The molecule has 0 spiro atoms. The molecule has 0 aliphatic carbocycles. The van der Waals surface area contributed by atoms with E-state index in [-0.39, 0.29) is 11.8 Å². The summed E-state index contributed by atoms with van der Waals surface area (Å²) in [6, 6.07) is 0. The zero-order valence-electron chi connectivity index (χ0n) is 11.1. The third-order valence-electron chi connectivity index (χ3n) is 3.32. The van der Waals surface area contributed by atoms with Crippen LogP contribution in [0.4, 0.5) is 0 Å². The third-order valence-corrected chi connectivity index (χ3v) is 3.32. The molecule has 0 aromatic heterocycles. The van der Waals surface area contributed by atoms with E-state index in [1.165, 1.54) is 0 Å². The predicted molar refractivity (Wildman–Crippen MR) is 62.3 cm³/mol. The number of methoxy groups -OCH3 is 1. The summed E-state index contributed by atoms with van der Waals surface area (Å²) in [5, 5.41) is 19.4. The average Bonchev–Trinajstić information content (AvgIpc) is 2.14. The fourth-order valence-electron chi connectivity index (χ4n) is 2.00. The van der Waals surface area contributed by atoms with Crippen LogP contribution in [0.1, 0.15) is 41.0 Å². The van der Waals surface area contributed by atoms with Gasteiger partial charge in [0.2, 0.25) is 0 Å². The van der Waals surface area contributed by atoms with Gasteiger partial charge >= 0.3 is 5.97 Å². The van der Waals surface area contributed by atoms with Crippen LogP contribution in [-0.2, 0) is 9.53 Å². The first kappa shape index (κ1) is 15.4. The molecule has 4 nitrogen and oxygen atoms in total. The van der Waals surface area contributed by atoms with E-state index < -0.39 is 17.2 Å². The Morgan fingerprint density at radius 1 is 1.31 bits per heavy atom. The minimum absolute atomic E-state index is 0.340. The zero-order chi connectivity index (χ0) is 13.1. The molecular formula is C12H24O4. The number of aliphatic hydroxyl groups is 1. The third kappa shape index (κ3) is 3.19. The molecule has 0 aromatic rings. The topological polar surface area (TPSA) is 66.8 Å². The molecule has 0 bridgehead atoms. The molecule has 0 aliphatic rings. The van der Waals surface area contributed by atoms with E-state index in [4.69, 9.17) is 9.84 Å². The molecule has 2 unspecified atom stereocenters. The summed E-state index contributed by atoms with van der Waals surface area (Å²) in [6.45, 7) is 8.93. The summed E-state index contributed by atoms with van der Waals surface area (Å²) in [5.41, 5.74) is -2.13. The highest BCUT2D eigenvalue weighted by Crippen LogP contribution is 2.33. The molecule has 96 valence electrons. The van der Waals surface area contributed by atoms with Crippen LogP contribution in [-0.4, -0.2) is 34.5 Å². The maximum absolute atomic E-state index is 11.2. The largest absolute Gasteiger partial charge is 0.479 e. The Kier molecular flexibility index (Phi) is 4.95. The van der Waals surface area contributed by atoms with E-state index >= 15 is 0 Å². The van der Waals surface area contributed by atoms with Crippen molar-refractivity contribution in [3.05, 3.63) is 0 Å². The number of carboxylic acids is 1. The monoisotopic (exact) mass is 232 g/mol. The summed E-state index contributed by atoms with van der Waals surface area (Å²) in [5.74, 6) is -1.88. The Bertz CT molecular complexity index is 247. The van der Waals surface area contributed by atoms with Crippen molar-refractivity contribution in [3.8, 4) is 0 Å². The quantitative estimate of drug-likeness (QED) is 0.734. The summed E-state index contributed by atoms with van der Waals surface area (Å²) in [6.07, 6.45) is 0.491. The second-order valence-corrected chi connectivity index (χ2v) is 5.35. The van der Waals surface area contributed by atoms with Crippen molar-refractivity contribution in [2.24, 2.45) is 11.8 Å². The summed E-state index contributed by atoms with van der Waals surface area (Å²) in [4.78, 5) is 11.2. The smallest absolute Gasteiger partial charge is 0.336 e. The number of hydrogen-bond donors (Lipinski definition) is 2. The first-order valence-electron chi connectivity index (χ1n) is 5.58. The highest BCUT2D eigenvalue weighted by molar-refractivity contribution is 5.77. The van der Waals surface area contributed by atoms with Gasteiger partial charge in [0.05, 0.1) is 5.60 Å². The Morgan fingerprint density at radius 3 is 2.00 bits per heavy atom. The highest BCUT2D eigenvalue weighted by Gasteiger charge is 2.46. The fourth-order valence-corrected chi connectivity index (χ4v) is 2.00. The molecule has 4 heteroatoms. The minimum Gasteiger partial charge on any atom is -0.479 e. The molecule has 0 radical (unpaired) electrons. The van der Waals surface area contributed by atoms with Gasteiger partial charge in [0.15, 0.2) is 5.60 Å². The van der Waals surface area contributed by atoms with E-state index in [1.807, 2.05) is 13.8 Å². The van der Waals surface area contributed by atoms with Crippen LogP contribution < -0.4 is 0 Å². The van der Waals surface area contributed by atoms with Gasteiger partial charge in [0.25, 0.3) is 0 Å². The molecule has 0 aliphatic heterocycles. The Morgan fingerprint density at radius 2 is 1.75 bits per heavy atom. The average molecular weight is 232 g/mol. The van der Waals surface area contributed by atoms with Crippen molar-refractivity contribution in [2.45, 2.75) is 52.2 Å². The van der Waals surface area contributed by atoms with Gasteiger partial charge in [-0.1, -0.05) is 20.8 Å². The molecule has 0 saturated heterocycles. The van der Waals surface area contributed by atoms with Gasteiger partial charge in [0.1, 0.15) is 0 Å². The lowest BCUT2D eigenvalue weighted by molar-refractivity contribution is -0.174. The van der Waals surface area contributed by atoms with Crippen molar-refractivity contribution in [1.82, 2.24) is 0 Å². The maximum Gasteiger partial charge on any atom is 0.336 e. The van der Waals surface area contributed by atoms with Crippen molar-refractivity contribution >= 4 is 5.97 Å². The molecule has 2 atom stereocenters. The molecule has 2 N–H and O–H groups in total. The standard InChI is InChI=1S/C12H24O4/c1-8(2)12(15,10(13)14)9(3)7-11(4,5)16-6/h8-9,15H,7H2,1-6H3,(H,13,14). The SMILES string of the molecule is COC(C)(C)CC(C)C(O)(C(=O)O)C(C)C. The van der Waals surface area contributed by atoms with Gasteiger partial charge in [-0.15, -0.1) is 0 Å². The predicted octanol–water partition coefficient (Wildman–Crippen LogP) is 1.91. The molecule has 0 amide bonds. The second-order valence-electron chi connectivity index (χ2n) is 5.35. The molecular weight excluding hydrogens is 208 g/mol. The second kappa shape index (κ2) is 5.15. The Labute approximate surface area is 97.6 Å². The fraction of sp³-hybridized carbons (Fsp3) is 0.917. The lowest BCUT2D eigenvalue weighted by Gasteiger charge is -2.37. The minimum atomic E-state index is -1.70. The van der Waals surface area contributed by atoms with Crippen LogP contribution in [0.2, 0.25) is 0 Å². The van der Waals surface area contributed by atoms with Gasteiger partial charge in [-0.2, -0.15) is 0 Å². The first-order chi connectivity index (χ1) is 7.08. The lowest BCUT2D eigenvalue weighted by atomic mass is 9.75. The molecule has 16 heavy (non-hydrogen) atoms. The number of ether oxygens (including phenoxy) is 1. The van der Waals surface area contributed by atoms with Crippen molar-refractivity contribution in [3.63, 3.8) is 0 Å². The number of rotatable bonds is 6. The van der Waals surface area contributed by atoms with E-state index in [9.17, 15) is 9.90 Å². The highest BCUT2D eigenvalue weighted by atomic mass is 16.5. The van der Waals surface area contributed by atoms with Gasteiger partial charge < -0.3 is 14.9 Å². The normalized spacial score (nSPS) is 18.2. The molecule has 0 rings (SSSR count). The van der Waals surface area contributed by atoms with E-state index in [0.29, 0.717) is 6.42 Å². The van der Waals surface area contributed by atoms with Crippen molar-refractivity contribution in [1.29, 1.82) is 0 Å². The number of carbonyl (C=O) groups is 1. The van der Waals surface area contributed by atoms with Gasteiger partial charge in [0, 0.05) is 7.11 Å². The lowest BCUT2D eigenvalue weighted by Crippen LogP contribution is -2.51. The van der Waals surface area contributed by atoms with Crippen LogP contribution >= 0.6 is 0 Å². The van der Waals surface area contributed by atoms with Crippen LogP contribution in [0, 0.1) is 11.8 Å². The van der Waals surface area contributed by atoms with Gasteiger partial charge in [-0.05, 0) is 32.1 Å².